The number of phosphoric ester groups is 3. The number of nitrogens with one attached hydrogen (secondary N) is 2. The van der Waals surface area contributed by atoms with Crippen molar-refractivity contribution in [3.8, 4) is 0 Å². The minimum atomic E-state index is -5.54. The van der Waals surface area contributed by atoms with Gasteiger partial charge in [-0.1, -0.05) is 13.8 Å². The Balaban J connectivity index is 0.00000155. The smallest absolute Gasteiger partial charge is 0.476 e. The van der Waals surface area contributed by atoms with E-state index in [9.17, 15) is 62.7 Å². The van der Waals surface area contributed by atoms with Crippen LogP contribution in [0.25, 0.3) is 11.2 Å². The van der Waals surface area contributed by atoms with Crippen LogP contribution in [0.2, 0.25) is 0 Å². The molecule has 3 rings (SSSR count). The number of aliphatic hydroxyl groups excluding tert-OH is 2. The number of carboxylic acids is 1. The van der Waals surface area contributed by atoms with Gasteiger partial charge < -0.3 is 56.0 Å². The SMILES string of the molecule is CC(=O)C(=O)O.CC(C)(COP(=O)(O)OP(=O)(O)OC[C@H]1O[C@@H](n2cnc3c(N)ncnc32)[C@H](O)[C@@H]1OP(=O)(O)O)[C@@H](O)C(=O)NCCC(=O)NCCS. The molecule has 1 saturated heterocycles. The summed E-state index contributed by atoms with van der Waals surface area (Å²) in [6.07, 6.45) is -6.74. The Kier molecular flexibility index (Phi) is 17.3. The van der Waals surface area contributed by atoms with Crippen LogP contribution < -0.4 is 16.4 Å². The van der Waals surface area contributed by atoms with E-state index in [1.807, 2.05) is 0 Å². The van der Waals surface area contributed by atoms with Crippen molar-refractivity contribution >= 4 is 76.6 Å². The molecule has 1 aliphatic heterocycles. The van der Waals surface area contributed by atoms with Crippen molar-refractivity contribution < 1.29 is 90.4 Å². The number of hydrogen-bond acceptors (Lipinski definition) is 19. The molecule has 0 bridgehead atoms. The van der Waals surface area contributed by atoms with Gasteiger partial charge in [-0.25, -0.2) is 33.4 Å². The van der Waals surface area contributed by atoms with Crippen LogP contribution in [0.4, 0.5) is 5.82 Å². The van der Waals surface area contributed by atoms with Crippen LogP contribution in [0.3, 0.4) is 0 Å². The summed E-state index contributed by atoms with van der Waals surface area (Å²) in [4.78, 5) is 93.5. The Hall–Kier alpha value is -2.97. The molecule has 2 amide bonds. The topological polar surface area (TPSA) is 401 Å². The van der Waals surface area contributed by atoms with Gasteiger partial charge in [0.25, 0.3) is 0 Å². The number of aliphatic carboxylic acids is 1. The van der Waals surface area contributed by atoms with Crippen LogP contribution in [0.15, 0.2) is 12.7 Å². The van der Waals surface area contributed by atoms with Gasteiger partial charge in [0.05, 0.1) is 19.5 Å². The summed E-state index contributed by atoms with van der Waals surface area (Å²) in [5.41, 5.74) is 4.30. The maximum Gasteiger partial charge on any atom is 0.481 e. The number of aromatic nitrogens is 4. The van der Waals surface area contributed by atoms with Crippen LogP contribution in [-0.4, -0.2) is 134 Å². The summed E-state index contributed by atoms with van der Waals surface area (Å²) >= 11 is 3.95. The van der Waals surface area contributed by atoms with Gasteiger partial charge in [0.2, 0.25) is 17.6 Å². The number of nitrogen functional groups attached to an aromatic ring is 1. The lowest BCUT2D eigenvalue weighted by Crippen LogP contribution is -2.46. The zero-order valence-corrected chi connectivity index (χ0v) is 32.0. The first kappa shape index (κ1) is 47.2. The monoisotopic (exact) mass is 855 g/mol. The third-order valence-electron chi connectivity index (χ3n) is 6.81. The number of ketones is 1. The van der Waals surface area contributed by atoms with E-state index in [0.29, 0.717) is 12.3 Å². The van der Waals surface area contributed by atoms with E-state index in [1.165, 1.54) is 13.8 Å². The van der Waals surface area contributed by atoms with Gasteiger partial charge in [-0.3, -0.25) is 32.5 Å². The Morgan fingerprint density at radius 3 is 2.24 bits per heavy atom. The fourth-order valence-corrected chi connectivity index (χ4v) is 7.08. The van der Waals surface area contributed by atoms with E-state index in [-0.39, 0.29) is 35.9 Å². The Morgan fingerprint density at radius 2 is 1.67 bits per heavy atom. The summed E-state index contributed by atoms with van der Waals surface area (Å²) in [6, 6.07) is 0. The largest absolute Gasteiger partial charge is 0.481 e. The zero-order valence-electron chi connectivity index (χ0n) is 28.5. The van der Waals surface area contributed by atoms with Crippen molar-refractivity contribution in [1.29, 1.82) is 0 Å². The highest BCUT2D eigenvalue weighted by molar-refractivity contribution is 7.80. The Bertz CT molecular complexity index is 1780. The fourth-order valence-electron chi connectivity index (χ4n) is 4.14. The van der Waals surface area contributed by atoms with Crippen LogP contribution in [0.1, 0.15) is 33.4 Å². The summed E-state index contributed by atoms with van der Waals surface area (Å²) in [7, 11) is -16.3. The molecule has 0 radical (unpaired) electrons. The molecule has 1 aliphatic rings. The number of aliphatic hydroxyl groups is 2. The second-order valence-electron chi connectivity index (χ2n) is 11.7. The second kappa shape index (κ2) is 19.8. The minimum absolute atomic E-state index is 0.0363. The maximum absolute atomic E-state index is 12.6. The molecule has 11 N–H and O–H groups in total. The van der Waals surface area contributed by atoms with Crippen molar-refractivity contribution in [2.75, 3.05) is 37.8 Å². The first-order valence-electron chi connectivity index (χ1n) is 15.0. The molecule has 0 spiro atoms. The van der Waals surface area contributed by atoms with E-state index in [4.69, 9.17) is 24.6 Å². The number of carbonyl (C=O) groups excluding carboxylic acids is 3. The molecular formula is C24H40N7O19P3S. The van der Waals surface area contributed by atoms with Crippen LogP contribution in [-0.2, 0) is 55.5 Å². The number of ether oxygens (including phenoxy) is 1. The highest BCUT2D eigenvalue weighted by Crippen LogP contribution is 2.61. The standard InChI is InChI=1S/C21H36N7O16P3S.C3H4O3/c1-21(2,16(31)19(32)24-4-3-12(29)23-5-6-48)8-41-47(38,39)44-46(36,37)40-7-11-15(43-45(33,34)35)14(30)20(42-11)28-10-27-13-17(22)25-9-26-18(13)28;1-2(4)3(5)6/h9-11,14-16,20,30-31,48H,3-8H2,1-2H3,(H,23,29)(H,24,32)(H,36,37)(H,38,39)(H2,22,25,26)(H2,33,34,35);1H3,(H,5,6)/t11-,14-,15-,16+,20-;/m1./s1. The number of nitrogens with zero attached hydrogens (tertiary/aromatic N) is 4. The molecule has 0 aromatic carbocycles. The molecule has 54 heavy (non-hydrogen) atoms. The lowest BCUT2D eigenvalue weighted by atomic mass is 9.87. The number of anilines is 1. The molecule has 2 aromatic rings. The van der Waals surface area contributed by atoms with E-state index in [1.54, 1.807) is 0 Å². The number of carboxylic acid groups (broad SMARTS) is 1. The average molecular weight is 856 g/mol. The third kappa shape index (κ3) is 14.6. The molecular weight excluding hydrogens is 815 g/mol. The molecule has 1 fully saturated rings. The first-order chi connectivity index (χ1) is 24.8. The number of fused-ring (bicyclic) bond motifs is 1. The maximum atomic E-state index is 12.6. The molecule has 2 unspecified atom stereocenters. The van der Waals surface area contributed by atoms with Crippen molar-refractivity contribution in [3.05, 3.63) is 12.7 Å². The quantitative estimate of drug-likeness (QED) is 0.0413. The second-order valence-corrected chi connectivity index (χ2v) is 16.3. The summed E-state index contributed by atoms with van der Waals surface area (Å²) in [6.45, 7) is 1.73. The molecule has 0 aliphatic carbocycles. The minimum Gasteiger partial charge on any atom is -0.476 e. The molecule has 26 nitrogen and oxygen atoms in total. The summed E-state index contributed by atoms with van der Waals surface area (Å²) < 4.78 is 61.7. The van der Waals surface area contributed by atoms with E-state index < -0.39 is 90.4 Å². The van der Waals surface area contributed by atoms with Crippen molar-refractivity contribution in [2.24, 2.45) is 5.41 Å². The van der Waals surface area contributed by atoms with E-state index in [2.05, 4.69) is 47.0 Å². The molecule has 7 atom stereocenters. The number of hydrogen-bond donors (Lipinski definition) is 11. The van der Waals surface area contributed by atoms with Gasteiger partial charge in [0.15, 0.2) is 17.7 Å². The average Bonchev–Trinajstić information content (AvgIpc) is 3.61. The number of rotatable bonds is 19. The van der Waals surface area contributed by atoms with Gasteiger partial charge >= 0.3 is 29.4 Å². The predicted octanol–water partition coefficient (Wildman–Crippen LogP) is -2.01. The Labute approximate surface area is 310 Å². The highest BCUT2D eigenvalue weighted by atomic mass is 32.1. The summed E-state index contributed by atoms with van der Waals surface area (Å²) in [5, 5.41) is 33.7. The summed E-state index contributed by atoms with van der Waals surface area (Å²) in [5.74, 6) is -3.15. The predicted molar refractivity (Wildman–Crippen MR) is 182 cm³/mol. The lowest BCUT2D eigenvalue weighted by Gasteiger charge is -2.30. The van der Waals surface area contributed by atoms with Crippen molar-refractivity contribution in [3.63, 3.8) is 0 Å². The van der Waals surface area contributed by atoms with E-state index >= 15 is 0 Å². The number of Topliss-reactive ketones (excluding diaryl/α,β-unsaturated/α-hetero) is 1. The molecule has 30 heteroatoms. The Morgan fingerprint density at radius 1 is 1.06 bits per heavy atom. The number of carbonyl (C=O) groups is 4. The van der Waals surface area contributed by atoms with Crippen LogP contribution in [0.5, 0.6) is 0 Å². The molecule has 2 aromatic heterocycles. The lowest BCUT2D eigenvalue weighted by molar-refractivity contribution is -0.148. The molecule has 3 heterocycles. The van der Waals surface area contributed by atoms with E-state index in [0.717, 1.165) is 24.1 Å². The van der Waals surface area contributed by atoms with Crippen molar-refractivity contribution in [2.45, 2.75) is 57.8 Å². The normalized spacial score (nSPS) is 21.6. The number of phosphoric acid groups is 3. The number of imidazole rings is 1. The van der Waals surface area contributed by atoms with Crippen molar-refractivity contribution in [1.82, 2.24) is 30.2 Å². The van der Waals surface area contributed by atoms with Gasteiger partial charge in [-0.15, -0.1) is 0 Å². The fraction of sp³-hybridized carbons (Fsp3) is 0.625. The van der Waals surface area contributed by atoms with Crippen LogP contribution in [0, 0.1) is 5.41 Å². The molecule has 306 valence electrons. The zero-order chi connectivity index (χ0) is 41.2. The molecule has 0 saturated carbocycles. The number of thiol groups is 1. The number of nitrogens with two attached hydrogens (primary N) is 1. The number of amides is 2. The van der Waals surface area contributed by atoms with Gasteiger partial charge in [0.1, 0.15) is 36.3 Å². The van der Waals surface area contributed by atoms with Gasteiger partial charge in [-0.05, 0) is 0 Å². The van der Waals surface area contributed by atoms with Crippen LogP contribution >= 0.6 is 36.1 Å². The first-order valence-corrected chi connectivity index (χ1v) is 20.2. The highest BCUT2D eigenvalue weighted by Gasteiger charge is 2.50. The third-order valence-corrected chi connectivity index (χ3v) is 10.1. The van der Waals surface area contributed by atoms with Gasteiger partial charge in [0, 0.05) is 37.6 Å². The van der Waals surface area contributed by atoms with Gasteiger partial charge in [-0.2, -0.15) is 16.9 Å².